The van der Waals surface area contributed by atoms with Gasteiger partial charge in [0.05, 0.1) is 21.5 Å². The first-order valence-electron chi connectivity index (χ1n) is 5.90. The minimum atomic E-state index is -0.966. The van der Waals surface area contributed by atoms with Gasteiger partial charge < -0.3 is 5.11 Å². The van der Waals surface area contributed by atoms with E-state index in [1.807, 2.05) is 19.1 Å². The van der Waals surface area contributed by atoms with Gasteiger partial charge in [-0.2, -0.15) is 0 Å². The van der Waals surface area contributed by atoms with Crippen molar-refractivity contribution in [2.75, 3.05) is 0 Å². The lowest BCUT2D eigenvalue weighted by atomic mass is 10.2. The summed E-state index contributed by atoms with van der Waals surface area (Å²) in [5.41, 5.74) is 1.59. The fourth-order valence-electron chi connectivity index (χ4n) is 2.03. The molecule has 1 N–H and O–H groups in total. The van der Waals surface area contributed by atoms with Crippen molar-refractivity contribution in [1.29, 1.82) is 0 Å². The lowest BCUT2D eigenvalue weighted by Gasteiger charge is -2.10. The Labute approximate surface area is 123 Å². The van der Waals surface area contributed by atoms with Crippen LogP contribution in [0.25, 0.3) is 11.0 Å². The largest absolute Gasteiger partial charge is 0.478 e. The average Bonchev–Trinajstić information content (AvgIpc) is 3.03. The van der Waals surface area contributed by atoms with Crippen molar-refractivity contribution in [3.63, 3.8) is 0 Å². The van der Waals surface area contributed by atoms with Gasteiger partial charge in [-0.15, -0.1) is 16.4 Å². The highest BCUT2D eigenvalue weighted by molar-refractivity contribution is 7.16. The van der Waals surface area contributed by atoms with E-state index in [0.29, 0.717) is 15.4 Å². The topological polar surface area (TPSA) is 68.0 Å². The van der Waals surface area contributed by atoms with Gasteiger partial charge in [0.1, 0.15) is 5.52 Å². The molecule has 0 saturated heterocycles. The van der Waals surface area contributed by atoms with Gasteiger partial charge in [-0.3, -0.25) is 0 Å². The summed E-state index contributed by atoms with van der Waals surface area (Å²) in [5.74, 6) is -0.966. The Bertz CT molecular complexity index is 796. The number of nitrogens with zero attached hydrogens (tertiary/aromatic N) is 3. The number of thiophene rings is 1. The molecule has 7 heteroatoms. The molecule has 0 aliphatic carbocycles. The predicted molar refractivity (Wildman–Crippen MR) is 77.6 cm³/mol. The number of rotatable bonds is 3. The maximum atomic E-state index is 11.1. The third-order valence-electron chi connectivity index (χ3n) is 3.09. The van der Waals surface area contributed by atoms with Crippen molar-refractivity contribution in [3.8, 4) is 0 Å². The number of hydrogen-bond donors (Lipinski definition) is 1. The summed E-state index contributed by atoms with van der Waals surface area (Å²) in [4.78, 5) is 12.1. The van der Waals surface area contributed by atoms with Crippen molar-refractivity contribution >= 4 is 39.9 Å². The van der Waals surface area contributed by atoms with E-state index in [-0.39, 0.29) is 11.6 Å². The van der Waals surface area contributed by atoms with Crippen LogP contribution in [-0.2, 0) is 0 Å². The SMILES string of the molecule is CC(c1ccc(Cl)s1)n1nnc2ccc(C(=O)O)cc21. The van der Waals surface area contributed by atoms with Crippen LogP contribution in [0.5, 0.6) is 0 Å². The summed E-state index contributed by atoms with van der Waals surface area (Å²) < 4.78 is 2.42. The number of hydrogen-bond acceptors (Lipinski definition) is 4. The van der Waals surface area contributed by atoms with Crippen LogP contribution >= 0.6 is 22.9 Å². The molecule has 5 nitrogen and oxygen atoms in total. The van der Waals surface area contributed by atoms with Crippen LogP contribution in [0.2, 0.25) is 4.34 Å². The molecule has 0 fully saturated rings. The van der Waals surface area contributed by atoms with E-state index in [9.17, 15) is 4.79 Å². The van der Waals surface area contributed by atoms with Gasteiger partial charge in [0.2, 0.25) is 0 Å². The van der Waals surface area contributed by atoms with Crippen LogP contribution in [0.1, 0.15) is 28.2 Å². The molecule has 0 amide bonds. The second-order valence-corrected chi connectivity index (χ2v) is 6.11. The monoisotopic (exact) mass is 307 g/mol. The Hall–Kier alpha value is -1.92. The third kappa shape index (κ3) is 2.17. The first kappa shape index (κ1) is 13.1. The fraction of sp³-hybridized carbons (Fsp3) is 0.154. The summed E-state index contributed by atoms with van der Waals surface area (Å²) in [5, 5.41) is 17.2. The van der Waals surface area contributed by atoms with Crippen LogP contribution in [-0.4, -0.2) is 26.1 Å². The van der Waals surface area contributed by atoms with Crippen LogP contribution in [0, 0.1) is 0 Å². The Morgan fingerprint density at radius 3 is 2.85 bits per heavy atom. The van der Waals surface area contributed by atoms with Crippen molar-refractivity contribution in [1.82, 2.24) is 15.0 Å². The summed E-state index contributed by atoms with van der Waals surface area (Å²) in [6.07, 6.45) is 0. The number of aromatic nitrogens is 3. The molecule has 0 spiro atoms. The van der Waals surface area contributed by atoms with E-state index in [0.717, 1.165) is 4.88 Å². The second kappa shape index (κ2) is 4.88. The Kier molecular flexibility index (Phi) is 3.19. The minimum absolute atomic E-state index is 0.0541. The zero-order valence-electron chi connectivity index (χ0n) is 10.4. The zero-order valence-corrected chi connectivity index (χ0v) is 12.0. The summed E-state index contributed by atoms with van der Waals surface area (Å²) in [7, 11) is 0. The summed E-state index contributed by atoms with van der Waals surface area (Å²) in [6, 6.07) is 8.49. The Balaban J connectivity index is 2.11. The van der Waals surface area contributed by atoms with Gasteiger partial charge in [0, 0.05) is 4.88 Å². The molecule has 1 aromatic carbocycles. The van der Waals surface area contributed by atoms with Gasteiger partial charge in [-0.1, -0.05) is 16.8 Å². The average molecular weight is 308 g/mol. The number of halogens is 1. The molecule has 2 heterocycles. The van der Waals surface area contributed by atoms with E-state index < -0.39 is 5.97 Å². The molecule has 3 rings (SSSR count). The van der Waals surface area contributed by atoms with E-state index in [1.54, 1.807) is 16.8 Å². The number of benzene rings is 1. The number of fused-ring (bicyclic) bond motifs is 1. The second-order valence-electron chi connectivity index (χ2n) is 4.36. The molecule has 102 valence electrons. The molecular weight excluding hydrogens is 298 g/mol. The van der Waals surface area contributed by atoms with Gasteiger partial charge >= 0.3 is 5.97 Å². The number of carboxylic acid groups (broad SMARTS) is 1. The first-order chi connectivity index (χ1) is 9.56. The maximum Gasteiger partial charge on any atom is 0.335 e. The van der Waals surface area contributed by atoms with Crippen molar-refractivity contribution < 1.29 is 9.90 Å². The van der Waals surface area contributed by atoms with E-state index >= 15 is 0 Å². The van der Waals surface area contributed by atoms with Gasteiger partial charge in [0.25, 0.3) is 0 Å². The van der Waals surface area contributed by atoms with Crippen LogP contribution < -0.4 is 0 Å². The zero-order chi connectivity index (χ0) is 14.3. The Morgan fingerprint density at radius 1 is 1.40 bits per heavy atom. The number of carboxylic acids is 1. The maximum absolute atomic E-state index is 11.1. The fourth-order valence-corrected chi connectivity index (χ4v) is 3.13. The van der Waals surface area contributed by atoms with E-state index in [2.05, 4.69) is 10.3 Å². The first-order valence-corrected chi connectivity index (χ1v) is 7.09. The predicted octanol–water partition coefficient (Wildman–Crippen LogP) is 3.45. The van der Waals surface area contributed by atoms with Crippen molar-refractivity contribution in [3.05, 3.63) is 45.1 Å². The minimum Gasteiger partial charge on any atom is -0.478 e. The van der Waals surface area contributed by atoms with E-state index in [4.69, 9.17) is 16.7 Å². The molecule has 0 saturated carbocycles. The number of aromatic carboxylic acids is 1. The molecule has 0 radical (unpaired) electrons. The molecule has 0 aliphatic rings. The molecule has 20 heavy (non-hydrogen) atoms. The summed E-state index contributed by atoms with van der Waals surface area (Å²) >= 11 is 7.42. The molecule has 2 aromatic heterocycles. The lowest BCUT2D eigenvalue weighted by molar-refractivity contribution is 0.0697. The molecular formula is C13H10ClN3O2S. The molecule has 1 atom stereocenters. The highest BCUT2D eigenvalue weighted by Crippen LogP contribution is 2.30. The molecule has 3 aromatic rings. The van der Waals surface area contributed by atoms with Crippen LogP contribution in [0.15, 0.2) is 30.3 Å². The van der Waals surface area contributed by atoms with Crippen LogP contribution in [0.4, 0.5) is 0 Å². The highest BCUT2D eigenvalue weighted by atomic mass is 35.5. The summed E-state index contributed by atoms with van der Waals surface area (Å²) in [6.45, 7) is 1.98. The van der Waals surface area contributed by atoms with Crippen LogP contribution in [0.3, 0.4) is 0 Å². The quantitative estimate of drug-likeness (QED) is 0.804. The molecule has 0 aliphatic heterocycles. The van der Waals surface area contributed by atoms with Gasteiger partial charge in [0.15, 0.2) is 0 Å². The smallest absolute Gasteiger partial charge is 0.335 e. The standard InChI is InChI=1S/C13H10ClN3O2S/c1-7(11-4-5-12(14)20-11)17-10-6-8(13(18)19)2-3-9(10)15-16-17/h2-7H,1H3,(H,18,19). The van der Waals surface area contributed by atoms with Gasteiger partial charge in [-0.25, -0.2) is 9.48 Å². The van der Waals surface area contributed by atoms with E-state index in [1.165, 1.54) is 17.4 Å². The number of carbonyl (C=O) groups is 1. The van der Waals surface area contributed by atoms with Crippen molar-refractivity contribution in [2.24, 2.45) is 0 Å². The van der Waals surface area contributed by atoms with Gasteiger partial charge in [-0.05, 0) is 37.3 Å². The third-order valence-corrected chi connectivity index (χ3v) is 4.49. The normalized spacial score (nSPS) is 12.7. The van der Waals surface area contributed by atoms with Crippen molar-refractivity contribution in [2.45, 2.75) is 13.0 Å². The lowest BCUT2D eigenvalue weighted by Crippen LogP contribution is -2.07. The molecule has 1 unspecified atom stereocenters. The molecule has 0 bridgehead atoms. The highest BCUT2D eigenvalue weighted by Gasteiger charge is 2.16. The Morgan fingerprint density at radius 2 is 2.20 bits per heavy atom.